The van der Waals surface area contributed by atoms with E-state index in [9.17, 15) is 9.90 Å². The first-order valence-corrected chi connectivity index (χ1v) is 20.5. The van der Waals surface area contributed by atoms with Gasteiger partial charge in [-0.3, -0.25) is 14.4 Å². The van der Waals surface area contributed by atoms with Gasteiger partial charge in [-0.2, -0.15) is 0 Å². The summed E-state index contributed by atoms with van der Waals surface area (Å²) in [6.07, 6.45) is 2.30. The van der Waals surface area contributed by atoms with Gasteiger partial charge in [-0.1, -0.05) is 66.3 Å². The molecule has 0 radical (unpaired) electrons. The Bertz CT molecular complexity index is 1890. The average Bonchev–Trinajstić information content (AvgIpc) is 3.87. The second-order valence-electron chi connectivity index (χ2n) is 13.9. The van der Waals surface area contributed by atoms with E-state index < -0.39 is 13.7 Å². The highest BCUT2D eigenvalue weighted by Crippen LogP contribution is 2.60. The second kappa shape index (κ2) is 13.5. The summed E-state index contributed by atoms with van der Waals surface area (Å²) in [5, 5.41) is 19.7. The van der Waals surface area contributed by atoms with Crippen molar-refractivity contribution >= 4 is 48.2 Å². The molecule has 0 saturated carbocycles. The van der Waals surface area contributed by atoms with Crippen molar-refractivity contribution in [1.82, 2.24) is 15.0 Å². The van der Waals surface area contributed by atoms with Crippen LogP contribution in [0.15, 0.2) is 72.9 Å². The summed E-state index contributed by atoms with van der Waals surface area (Å²) in [6.45, 7) is 8.63. The number of aromatic nitrogens is 3. The average molecular weight is 716 g/mol. The Balaban J connectivity index is 1.25. The molecule has 3 aliphatic rings. The van der Waals surface area contributed by atoms with Crippen molar-refractivity contribution in [2.75, 3.05) is 36.7 Å². The third kappa shape index (κ3) is 5.87. The Kier molecular flexibility index (Phi) is 9.23. The molecule has 7 rings (SSSR count). The maximum absolute atomic E-state index is 15.1. The van der Waals surface area contributed by atoms with Crippen molar-refractivity contribution < 1.29 is 28.9 Å². The van der Waals surface area contributed by atoms with Crippen LogP contribution in [0.25, 0.3) is 0 Å². The number of fused-ring (bicyclic) bond motifs is 2. The van der Waals surface area contributed by atoms with Crippen molar-refractivity contribution in [3.63, 3.8) is 0 Å². The second-order valence-corrected chi connectivity index (χ2v) is 19.0. The van der Waals surface area contributed by atoms with Gasteiger partial charge in [0.1, 0.15) is 12.4 Å². The first-order chi connectivity index (χ1) is 24.1. The minimum absolute atomic E-state index is 0.00594. The van der Waals surface area contributed by atoms with Crippen molar-refractivity contribution in [3.8, 4) is 5.75 Å². The van der Waals surface area contributed by atoms with Crippen LogP contribution in [0.4, 0.5) is 16.2 Å². The number of cyclic esters (lactones) is 1. The number of ether oxygens (including phenoxy) is 3. The van der Waals surface area contributed by atoms with E-state index in [2.05, 4.69) is 42.5 Å². The number of hydrogen-bond acceptors (Lipinski definition) is 8. The van der Waals surface area contributed by atoms with Gasteiger partial charge in [0.05, 0.1) is 45.8 Å². The molecule has 3 aliphatic heterocycles. The zero-order valence-corrected chi connectivity index (χ0v) is 30.5. The highest BCUT2D eigenvalue weighted by molar-refractivity contribution is 6.91. The molecule has 2 saturated heterocycles. The van der Waals surface area contributed by atoms with Crippen molar-refractivity contribution in [1.29, 1.82) is 0 Å². The number of amides is 2. The molecule has 2 fully saturated rings. The predicted octanol–water partition coefficient (Wildman–Crippen LogP) is 5.28. The smallest absolute Gasteiger partial charge is 0.414 e. The molecule has 11 nitrogen and oxygen atoms in total. The summed E-state index contributed by atoms with van der Waals surface area (Å²) in [7, 11) is -0.673. The molecular formula is C37H42ClN5O6Si. The fraction of sp³-hybridized carbons (Fsp3) is 0.405. The van der Waals surface area contributed by atoms with E-state index in [-0.39, 0.29) is 36.2 Å². The zero-order chi connectivity index (χ0) is 35.2. The summed E-state index contributed by atoms with van der Waals surface area (Å²) in [5.41, 5.74) is 2.79. The minimum atomic E-state index is -2.34. The lowest BCUT2D eigenvalue weighted by Crippen LogP contribution is -2.51. The zero-order valence-electron chi connectivity index (χ0n) is 28.7. The number of aliphatic hydroxyl groups is 1. The van der Waals surface area contributed by atoms with E-state index >= 15 is 4.79 Å². The first kappa shape index (κ1) is 34.2. The summed E-state index contributed by atoms with van der Waals surface area (Å²) < 4.78 is 19.6. The molecule has 0 unspecified atom stereocenters. The quantitative estimate of drug-likeness (QED) is 0.208. The molecule has 1 N–H and O–H groups in total. The molecule has 1 spiro atoms. The number of anilines is 2. The number of carbonyl (C=O) groups excluding carboxylic acids is 2. The Hall–Kier alpha value is -4.23. The number of benzene rings is 3. The molecule has 13 heteroatoms. The van der Waals surface area contributed by atoms with Crippen LogP contribution in [-0.2, 0) is 39.4 Å². The molecule has 50 heavy (non-hydrogen) atoms. The Morgan fingerprint density at radius 3 is 2.52 bits per heavy atom. The lowest BCUT2D eigenvalue weighted by Gasteiger charge is -2.37. The maximum Gasteiger partial charge on any atom is 0.414 e. The Morgan fingerprint density at radius 1 is 1.08 bits per heavy atom. The molecule has 2 amide bonds. The molecule has 3 aromatic carbocycles. The van der Waals surface area contributed by atoms with Crippen LogP contribution in [0, 0.1) is 5.92 Å². The predicted molar refractivity (Wildman–Crippen MR) is 193 cm³/mol. The largest absolute Gasteiger partial charge is 0.497 e. The third-order valence-corrected chi connectivity index (χ3v) is 15.3. The van der Waals surface area contributed by atoms with Gasteiger partial charge in [0.25, 0.3) is 5.91 Å². The number of aryl methyl sites for hydroxylation is 1. The van der Waals surface area contributed by atoms with E-state index in [1.807, 2.05) is 65.7 Å². The third-order valence-electron chi connectivity index (χ3n) is 10.7. The monoisotopic (exact) mass is 715 g/mol. The van der Waals surface area contributed by atoms with Crippen LogP contribution in [0.5, 0.6) is 5.75 Å². The van der Waals surface area contributed by atoms with Gasteiger partial charge in [-0.15, -0.1) is 5.10 Å². The van der Waals surface area contributed by atoms with Crippen LogP contribution in [0.3, 0.4) is 0 Å². The fourth-order valence-electron chi connectivity index (χ4n) is 8.24. The Labute approximate surface area is 297 Å². The van der Waals surface area contributed by atoms with Crippen molar-refractivity contribution in [2.45, 2.75) is 63.2 Å². The van der Waals surface area contributed by atoms with Gasteiger partial charge in [0.15, 0.2) is 5.60 Å². The fourth-order valence-corrected chi connectivity index (χ4v) is 12.5. The number of nitrogens with zero attached hydrogens (tertiary/aromatic N) is 5. The lowest BCUT2D eigenvalue weighted by atomic mass is 9.82. The van der Waals surface area contributed by atoms with Crippen LogP contribution >= 0.6 is 11.6 Å². The van der Waals surface area contributed by atoms with Gasteiger partial charge < -0.3 is 24.2 Å². The Morgan fingerprint density at radius 2 is 1.84 bits per heavy atom. The van der Waals surface area contributed by atoms with Gasteiger partial charge in [0.2, 0.25) is 0 Å². The standard InChI is InChI=1S/C37H42ClN5O6Si/c1-24-34(50(3,4)30-12-10-29(47-2)11-13-30)33(15-17-41-23-27(16-19-44)39-40-41)49-37(24)31-21-26(38)7-14-32(31)43(35(37)45)22-25-5-8-28(9-6-25)42-18-20-48-36(42)46/h5-14,21,23-24,33-34,44H,15-20,22H2,1-4H3/t24-,33+,34-,37+/m1/s1. The molecular weight excluding hydrogens is 674 g/mol. The maximum atomic E-state index is 15.1. The van der Waals surface area contributed by atoms with Crippen molar-refractivity contribution in [2.24, 2.45) is 5.92 Å². The number of hydrogen-bond donors (Lipinski definition) is 1. The summed E-state index contributed by atoms with van der Waals surface area (Å²) in [6, 6.07) is 21.6. The number of halogens is 1. The van der Waals surface area contributed by atoms with E-state index in [1.165, 1.54) is 5.19 Å². The summed E-state index contributed by atoms with van der Waals surface area (Å²) >= 11 is 6.67. The molecule has 4 heterocycles. The van der Waals surface area contributed by atoms with E-state index in [0.717, 1.165) is 33.9 Å². The highest BCUT2D eigenvalue weighted by atomic mass is 35.5. The molecule has 0 aliphatic carbocycles. The van der Waals surface area contributed by atoms with Gasteiger partial charge in [0, 0.05) is 48.0 Å². The van der Waals surface area contributed by atoms with Crippen LogP contribution in [0.1, 0.15) is 30.2 Å². The first-order valence-electron chi connectivity index (χ1n) is 17.0. The number of carbonyl (C=O) groups is 2. The van der Waals surface area contributed by atoms with E-state index in [1.54, 1.807) is 16.7 Å². The van der Waals surface area contributed by atoms with Gasteiger partial charge in [-0.05, 0) is 60.0 Å². The molecule has 4 aromatic rings. The number of aliphatic hydroxyl groups excluding tert-OH is 1. The van der Waals surface area contributed by atoms with Gasteiger partial charge in [-0.25, -0.2) is 4.79 Å². The molecule has 4 atom stereocenters. The van der Waals surface area contributed by atoms with Crippen LogP contribution in [-0.4, -0.2) is 73.1 Å². The normalized spacial score (nSPS) is 23.2. The molecule has 1 aromatic heterocycles. The van der Waals surface area contributed by atoms with Crippen LogP contribution in [0.2, 0.25) is 23.7 Å². The number of rotatable bonds is 11. The molecule has 0 bridgehead atoms. The van der Waals surface area contributed by atoms with Crippen molar-refractivity contribution in [3.05, 3.63) is 94.8 Å². The topological polar surface area (TPSA) is 119 Å². The van der Waals surface area contributed by atoms with Gasteiger partial charge >= 0.3 is 6.09 Å². The van der Waals surface area contributed by atoms with E-state index in [0.29, 0.717) is 44.1 Å². The van der Waals surface area contributed by atoms with Crippen LogP contribution < -0.4 is 19.7 Å². The summed E-state index contributed by atoms with van der Waals surface area (Å²) in [4.78, 5) is 30.6. The molecule has 262 valence electrons. The lowest BCUT2D eigenvalue weighted by molar-refractivity contribution is -0.146. The highest BCUT2D eigenvalue weighted by Gasteiger charge is 2.66. The van der Waals surface area contributed by atoms with E-state index in [4.69, 9.17) is 25.8 Å². The summed E-state index contributed by atoms with van der Waals surface area (Å²) in [5.74, 6) is 0.508. The number of methoxy groups -OCH3 is 1. The minimum Gasteiger partial charge on any atom is -0.497 e. The SMILES string of the molecule is COc1ccc([Si](C)(C)[C@H]2[C@H](CCn3cc(CCO)nn3)O[C@@]3(C(=O)N(Cc4ccc(N5CCOC5=O)cc4)c4ccc(Cl)cc43)[C@@H]2C)cc1.